The second-order valence-corrected chi connectivity index (χ2v) is 7.05. The lowest BCUT2D eigenvalue weighted by Crippen LogP contribution is -2.51. The molecule has 0 aromatic heterocycles. The summed E-state index contributed by atoms with van der Waals surface area (Å²) in [5.74, 6) is -0.496. The van der Waals surface area contributed by atoms with Crippen molar-refractivity contribution in [1.82, 2.24) is 10.6 Å². The van der Waals surface area contributed by atoms with Crippen LogP contribution in [0.2, 0.25) is 0 Å². The van der Waals surface area contributed by atoms with Crippen molar-refractivity contribution in [3.8, 4) is 0 Å². The highest BCUT2D eigenvalue weighted by molar-refractivity contribution is 5.90. The Balaban J connectivity index is 1.44. The van der Waals surface area contributed by atoms with E-state index in [-0.39, 0.29) is 30.3 Å². The van der Waals surface area contributed by atoms with Crippen molar-refractivity contribution in [1.29, 1.82) is 0 Å². The molecule has 2 aliphatic rings. The van der Waals surface area contributed by atoms with Gasteiger partial charge in [0.1, 0.15) is 6.04 Å². The Labute approximate surface area is 153 Å². The molecule has 7 nitrogen and oxygen atoms in total. The molecule has 1 spiro atoms. The third kappa shape index (κ3) is 4.60. The van der Waals surface area contributed by atoms with E-state index in [0.717, 1.165) is 18.4 Å². The zero-order valence-electron chi connectivity index (χ0n) is 14.8. The first-order valence-corrected chi connectivity index (χ1v) is 9.04. The van der Waals surface area contributed by atoms with Crippen molar-refractivity contribution in [3.63, 3.8) is 0 Å². The maximum Gasteiger partial charge on any atom is 0.243 e. The molecule has 0 radical (unpaired) electrons. The Kier molecular flexibility index (Phi) is 6.24. The number of carbonyl (C=O) groups is 2. The van der Waals surface area contributed by atoms with Crippen LogP contribution in [0.4, 0.5) is 0 Å². The second kappa shape index (κ2) is 8.62. The lowest BCUT2D eigenvalue weighted by atomic mass is 9.76. The normalized spacial score (nSPS) is 22.8. The number of hydrogen-bond acceptors (Lipinski definition) is 5. The summed E-state index contributed by atoms with van der Waals surface area (Å²) in [6.45, 7) is 2.20. The summed E-state index contributed by atoms with van der Waals surface area (Å²) < 4.78 is 10.8. The fourth-order valence-corrected chi connectivity index (χ4v) is 3.59. The van der Waals surface area contributed by atoms with Gasteiger partial charge in [-0.3, -0.25) is 9.59 Å². The van der Waals surface area contributed by atoms with Gasteiger partial charge in [0.25, 0.3) is 0 Å². The molecular formula is C19H26N2O5. The Morgan fingerprint density at radius 2 is 2.08 bits per heavy atom. The fraction of sp³-hybridized carbons (Fsp3) is 0.579. The average Bonchev–Trinajstić information content (AvgIpc) is 2.92. The Hall–Kier alpha value is -1.96. The highest BCUT2D eigenvalue weighted by Crippen LogP contribution is 2.37. The minimum absolute atomic E-state index is 0.0676. The first kappa shape index (κ1) is 18.8. The van der Waals surface area contributed by atoms with E-state index in [1.807, 2.05) is 30.3 Å². The number of hydrogen-bond donors (Lipinski definition) is 3. The van der Waals surface area contributed by atoms with Crippen molar-refractivity contribution >= 4 is 11.8 Å². The number of ether oxygens (including phenoxy) is 2. The molecule has 0 aliphatic carbocycles. The lowest BCUT2D eigenvalue weighted by molar-refractivity contribution is -0.131. The first-order chi connectivity index (χ1) is 12.6. The van der Waals surface area contributed by atoms with Crippen molar-refractivity contribution in [3.05, 3.63) is 35.9 Å². The zero-order valence-corrected chi connectivity index (χ0v) is 14.8. The van der Waals surface area contributed by atoms with Crippen LogP contribution >= 0.6 is 0 Å². The topological polar surface area (TPSA) is 96.9 Å². The van der Waals surface area contributed by atoms with Gasteiger partial charge in [-0.25, -0.2) is 0 Å². The number of nitrogens with one attached hydrogen (secondary N) is 2. The standard InChI is InChI=1S/C19H26N2O5/c22-15(12-26-11-14-4-2-1-3-5-14)10-16(23)21-17-18(24)20-13-19(17)6-8-25-9-7-19/h1-5,15,17,22H,6-13H2,(H,20,24)(H,21,23). The molecule has 2 saturated heterocycles. The Bertz CT molecular complexity index is 616. The van der Waals surface area contributed by atoms with Gasteiger partial charge in [-0.1, -0.05) is 30.3 Å². The molecule has 2 atom stereocenters. The molecule has 3 rings (SSSR count). The molecule has 1 aromatic carbocycles. The van der Waals surface area contributed by atoms with Crippen molar-refractivity contribution in [2.24, 2.45) is 5.41 Å². The van der Waals surface area contributed by atoms with Gasteiger partial charge < -0.3 is 25.2 Å². The van der Waals surface area contributed by atoms with Crippen LogP contribution in [0.25, 0.3) is 0 Å². The van der Waals surface area contributed by atoms with Crippen LogP contribution in [0.3, 0.4) is 0 Å². The molecule has 2 unspecified atom stereocenters. The smallest absolute Gasteiger partial charge is 0.243 e. The number of aliphatic hydroxyl groups is 1. The number of aliphatic hydroxyl groups excluding tert-OH is 1. The zero-order chi connectivity index (χ0) is 18.4. The van der Waals surface area contributed by atoms with Gasteiger partial charge in [-0.15, -0.1) is 0 Å². The van der Waals surface area contributed by atoms with Gasteiger partial charge in [0, 0.05) is 25.2 Å². The first-order valence-electron chi connectivity index (χ1n) is 9.04. The van der Waals surface area contributed by atoms with Crippen LogP contribution in [-0.4, -0.2) is 55.4 Å². The summed E-state index contributed by atoms with van der Waals surface area (Å²) in [5.41, 5.74) is 0.730. The number of carbonyl (C=O) groups excluding carboxylic acids is 2. The van der Waals surface area contributed by atoms with Crippen LogP contribution in [0.1, 0.15) is 24.8 Å². The third-order valence-corrected chi connectivity index (χ3v) is 5.13. The number of benzene rings is 1. The molecule has 1 aromatic rings. The monoisotopic (exact) mass is 362 g/mol. The molecule has 0 bridgehead atoms. The summed E-state index contributed by atoms with van der Waals surface area (Å²) >= 11 is 0. The van der Waals surface area contributed by atoms with E-state index in [1.165, 1.54) is 0 Å². The van der Waals surface area contributed by atoms with Gasteiger partial charge in [0.2, 0.25) is 11.8 Å². The van der Waals surface area contributed by atoms with E-state index in [2.05, 4.69) is 10.6 Å². The van der Waals surface area contributed by atoms with Crippen molar-refractivity contribution < 1.29 is 24.2 Å². The highest BCUT2D eigenvalue weighted by Gasteiger charge is 2.49. The molecule has 3 N–H and O–H groups in total. The molecule has 2 heterocycles. The molecule has 2 fully saturated rings. The molecular weight excluding hydrogens is 336 g/mol. The fourth-order valence-electron chi connectivity index (χ4n) is 3.59. The predicted molar refractivity (Wildman–Crippen MR) is 94.1 cm³/mol. The van der Waals surface area contributed by atoms with Crippen molar-refractivity contribution in [2.75, 3.05) is 26.4 Å². The molecule has 2 amide bonds. The van der Waals surface area contributed by atoms with Crippen LogP contribution in [0.5, 0.6) is 0 Å². The Morgan fingerprint density at radius 1 is 1.35 bits per heavy atom. The summed E-state index contributed by atoms with van der Waals surface area (Å²) in [5, 5.41) is 15.7. The molecule has 7 heteroatoms. The molecule has 26 heavy (non-hydrogen) atoms. The third-order valence-electron chi connectivity index (χ3n) is 5.13. The molecule has 2 aliphatic heterocycles. The van der Waals surface area contributed by atoms with Gasteiger partial charge in [-0.05, 0) is 18.4 Å². The second-order valence-electron chi connectivity index (χ2n) is 7.05. The van der Waals surface area contributed by atoms with Crippen molar-refractivity contribution in [2.45, 2.75) is 38.0 Å². The maximum atomic E-state index is 12.3. The summed E-state index contributed by atoms with van der Waals surface area (Å²) in [4.78, 5) is 24.4. The summed E-state index contributed by atoms with van der Waals surface area (Å²) in [7, 11) is 0. The van der Waals surface area contributed by atoms with E-state index in [9.17, 15) is 14.7 Å². The van der Waals surface area contributed by atoms with E-state index < -0.39 is 12.1 Å². The van der Waals surface area contributed by atoms with E-state index in [1.54, 1.807) is 0 Å². The Morgan fingerprint density at radius 3 is 2.81 bits per heavy atom. The van der Waals surface area contributed by atoms with Gasteiger partial charge in [0.05, 0.1) is 25.7 Å². The van der Waals surface area contributed by atoms with E-state index >= 15 is 0 Å². The maximum absolute atomic E-state index is 12.3. The quantitative estimate of drug-likeness (QED) is 0.651. The minimum Gasteiger partial charge on any atom is -0.390 e. The van der Waals surface area contributed by atoms with E-state index in [0.29, 0.717) is 26.4 Å². The largest absolute Gasteiger partial charge is 0.390 e. The molecule has 0 saturated carbocycles. The predicted octanol–water partition coefficient (Wildman–Crippen LogP) is 0.366. The summed E-state index contributed by atoms with van der Waals surface area (Å²) in [6, 6.07) is 9.07. The summed E-state index contributed by atoms with van der Waals surface area (Å²) in [6.07, 6.45) is 0.470. The van der Waals surface area contributed by atoms with Gasteiger partial charge in [-0.2, -0.15) is 0 Å². The van der Waals surface area contributed by atoms with Crippen LogP contribution in [0, 0.1) is 5.41 Å². The SMILES string of the molecule is O=C(CC(O)COCc1ccccc1)NC1C(=O)NCC12CCOCC2. The number of rotatable bonds is 7. The van der Waals surface area contributed by atoms with Crippen LogP contribution < -0.4 is 10.6 Å². The van der Waals surface area contributed by atoms with Gasteiger partial charge in [0.15, 0.2) is 0 Å². The average molecular weight is 362 g/mol. The minimum atomic E-state index is -0.909. The van der Waals surface area contributed by atoms with E-state index in [4.69, 9.17) is 9.47 Å². The van der Waals surface area contributed by atoms with Crippen LogP contribution in [-0.2, 0) is 25.7 Å². The van der Waals surface area contributed by atoms with Crippen LogP contribution in [0.15, 0.2) is 30.3 Å². The van der Waals surface area contributed by atoms with Gasteiger partial charge >= 0.3 is 0 Å². The highest BCUT2D eigenvalue weighted by atomic mass is 16.5. The number of amides is 2. The lowest BCUT2D eigenvalue weighted by Gasteiger charge is -2.36. The molecule has 142 valence electrons.